The van der Waals surface area contributed by atoms with E-state index in [9.17, 15) is 19.8 Å². The van der Waals surface area contributed by atoms with Crippen molar-refractivity contribution in [2.24, 2.45) is 0 Å². The van der Waals surface area contributed by atoms with E-state index in [1.807, 2.05) is 57.2 Å². The molecule has 0 bridgehead atoms. The van der Waals surface area contributed by atoms with Crippen LogP contribution in [0, 0.1) is 6.92 Å². The van der Waals surface area contributed by atoms with Gasteiger partial charge in [-0.1, -0.05) is 44.2 Å². The molecule has 7 nitrogen and oxygen atoms in total. The third kappa shape index (κ3) is 4.78. The van der Waals surface area contributed by atoms with Crippen LogP contribution < -0.4 is 5.32 Å². The van der Waals surface area contributed by atoms with Gasteiger partial charge in [0, 0.05) is 23.1 Å². The second-order valence-corrected chi connectivity index (χ2v) is 8.22. The van der Waals surface area contributed by atoms with E-state index in [4.69, 9.17) is 0 Å². The van der Waals surface area contributed by atoms with E-state index in [2.05, 4.69) is 14.6 Å². The predicted molar refractivity (Wildman–Crippen MR) is 123 cm³/mol. The molecule has 2 aromatic carbocycles. The molecular weight excluding hydrogens is 408 g/mol. The first-order valence-electron chi connectivity index (χ1n) is 10.6. The number of carbonyl (C=O) groups is 2. The Morgan fingerprint density at radius 1 is 1.16 bits per heavy atom. The van der Waals surface area contributed by atoms with Gasteiger partial charge in [-0.15, -0.1) is 0 Å². The summed E-state index contributed by atoms with van der Waals surface area (Å²) in [5, 5.41) is 23.0. The Hall–Kier alpha value is -3.32. The second kappa shape index (κ2) is 9.87. The highest BCUT2D eigenvalue weighted by Crippen LogP contribution is 2.30. The summed E-state index contributed by atoms with van der Waals surface area (Å²) in [4.78, 5) is 24.4. The van der Waals surface area contributed by atoms with Crippen LogP contribution in [0.4, 0.5) is 0 Å². The Morgan fingerprint density at radius 3 is 2.53 bits per heavy atom. The molecule has 1 atom stereocenters. The summed E-state index contributed by atoms with van der Waals surface area (Å²) in [6.45, 7) is 6.11. The molecule has 3 rings (SSSR count). The smallest absolute Gasteiger partial charge is 0.330 e. The van der Waals surface area contributed by atoms with Crippen LogP contribution in [0.15, 0.2) is 42.5 Å². The average molecular weight is 439 g/mol. The van der Waals surface area contributed by atoms with Gasteiger partial charge in [0.2, 0.25) is 5.91 Å². The summed E-state index contributed by atoms with van der Waals surface area (Å²) in [5.41, 5.74) is 4.76. The maximum atomic E-state index is 12.7. The molecule has 170 valence electrons. The van der Waals surface area contributed by atoms with Crippen molar-refractivity contribution in [2.45, 2.75) is 45.7 Å². The minimum atomic E-state index is -1.09. The van der Waals surface area contributed by atoms with Crippen LogP contribution in [0.5, 0.6) is 5.75 Å². The number of aliphatic hydroxyl groups is 1. The van der Waals surface area contributed by atoms with Crippen LogP contribution in [0.2, 0.25) is 0 Å². The molecule has 0 saturated carbocycles. The normalized spacial score (nSPS) is 12.2. The number of para-hydroxylation sites is 1. The molecule has 0 aliphatic carbocycles. The summed E-state index contributed by atoms with van der Waals surface area (Å²) in [5.74, 6) is -0.564. The van der Waals surface area contributed by atoms with Crippen molar-refractivity contribution < 1.29 is 24.5 Å². The van der Waals surface area contributed by atoms with Gasteiger partial charge in [0.15, 0.2) is 6.04 Å². The Balaban J connectivity index is 1.94. The van der Waals surface area contributed by atoms with Crippen LogP contribution in [-0.2, 0) is 27.3 Å². The molecule has 7 heteroatoms. The zero-order valence-electron chi connectivity index (χ0n) is 18.9. The van der Waals surface area contributed by atoms with E-state index in [1.54, 1.807) is 6.07 Å². The number of rotatable bonds is 8. The third-order valence-corrected chi connectivity index (χ3v) is 5.76. The molecule has 0 saturated heterocycles. The molecule has 32 heavy (non-hydrogen) atoms. The lowest BCUT2D eigenvalue weighted by atomic mass is 9.99. The van der Waals surface area contributed by atoms with E-state index < -0.39 is 18.6 Å². The standard InChI is InChI=1S/C25H30N2O5/c1-15(2)19-11-17(9-10-23(19)29)13-27-16(3)20(18-7-5-6-8-22(18)27)12-24(30)26-21(14-28)25(31)32-4/h5-11,15,21,28-29H,12-14H2,1-4H3,(H,26,30)/t21-/m0/s1. The number of phenols is 1. The minimum Gasteiger partial charge on any atom is -0.508 e. The Kier molecular flexibility index (Phi) is 7.20. The maximum absolute atomic E-state index is 12.7. The molecule has 3 aromatic rings. The van der Waals surface area contributed by atoms with E-state index in [-0.39, 0.29) is 18.2 Å². The number of ether oxygens (including phenoxy) is 1. The number of carbonyl (C=O) groups excluding carboxylic acids is 2. The molecule has 0 aliphatic rings. The summed E-state index contributed by atoms with van der Waals surface area (Å²) in [7, 11) is 1.21. The number of benzene rings is 2. The number of phenolic OH excluding ortho intramolecular Hbond substituents is 1. The predicted octanol–water partition coefficient (Wildman–Crippen LogP) is 3.02. The van der Waals surface area contributed by atoms with E-state index in [0.29, 0.717) is 12.3 Å². The van der Waals surface area contributed by atoms with Crippen molar-refractivity contribution in [3.63, 3.8) is 0 Å². The largest absolute Gasteiger partial charge is 0.508 e. The summed E-state index contributed by atoms with van der Waals surface area (Å²) in [6, 6.07) is 12.4. The van der Waals surface area contributed by atoms with Gasteiger partial charge in [0.1, 0.15) is 5.75 Å². The number of nitrogens with one attached hydrogen (secondary N) is 1. The fourth-order valence-electron chi connectivity index (χ4n) is 4.00. The van der Waals surface area contributed by atoms with Gasteiger partial charge in [0.25, 0.3) is 0 Å². The molecule has 0 aliphatic heterocycles. The van der Waals surface area contributed by atoms with Crippen LogP contribution in [-0.4, -0.2) is 46.4 Å². The number of aromatic hydroxyl groups is 1. The first-order valence-corrected chi connectivity index (χ1v) is 10.6. The number of hydrogen-bond donors (Lipinski definition) is 3. The quantitative estimate of drug-likeness (QED) is 0.470. The Bertz CT molecular complexity index is 1130. The SMILES string of the molecule is COC(=O)[C@H](CO)NC(=O)Cc1c(C)n(Cc2ccc(O)c(C(C)C)c2)c2ccccc12. The van der Waals surface area contributed by atoms with Gasteiger partial charge >= 0.3 is 5.97 Å². The number of aliphatic hydroxyl groups excluding tert-OH is 1. The van der Waals surface area contributed by atoms with Crippen molar-refractivity contribution in [3.8, 4) is 5.75 Å². The molecule has 0 unspecified atom stereocenters. The van der Waals surface area contributed by atoms with Gasteiger partial charge < -0.3 is 24.8 Å². The van der Waals surface area contributed by atoms with Crippen LogP contribution in [0.3, 0.4) is 0 Å². The molecule has 1 amide bonds. The van der Waals surface area contributed by atoms with E-state index >= 15 is 0 Å². The highest BCUT2D eigenvalue weighted by molar-refractivity contribution is 5.92. The van der Waals surface area contributed by atoms with Gasteiger partial charge in [-0.25, -0.2) is 4.79 Å². The minimum absolute atomic E-state index is 0.0691. The number of methoxy groups -OCH3 is 1. The molecule has 3 N–H and O–H groups in total. The fourth-order valence-corrected chi connectivity index (χ4v) is 4.00. The number of amides is 1. The van der Waals surface area contributed by atoms with Crippen molar-refractivity contribution in [1.29, 1.82) is 0 Å². The van der Waals surface area contributed by atoms with Crippen LogP contribution in [0.1, 0.15) is 42.1 Å². The number of aromatic nitrogens is 1. The number of hydrogen-bond acceptors (Lipinski definition) is 5. The highest BCUT2D eigenvalue weighted by Gasteiger charge is 2.23. The number of nitrogens with zero attached hydrogens (tertiary/aromatic N) is 1. The molecule has 1 aromatic heterocycles. The van der Waals surface area contributed by atoms with Crippen LogP contribution >= 0.6 is 0 Å². The fraction of sp³-hybridized carbons (Fsp3) is 0.360. The van der Waals surface area contributed by atoms with E-state index in [0.717, 1.165) is 33.3 Å². The first kappa shape index (κ1) is 23.3. The maximum Gasteiger partial charge on any atom is 0.330 e. The monoisotopic (exact) mass is 438 g/mol. The summed E-state index contributed by atoms with van der Waals surface area (Å²) in [6.07, 6.45) is 0.0691. The molecule has 1 heterocycles. The lowest BCUT2D eigenvalue weighted by Crippen LogP contribution is -2.44. The molecule has 0 radical (unpaired) electrons. The average Bonchev–Trinajstić information content (AvgIpc) is 3.03. The highest BCUT2D eigenvalue weighted by atomic mass is 16.5. The number of esters is 1. The lowest BCUT2D eigenvalue weighted by Gasteiger charge is -2.14. The molecule has 0 fully saturated rings. The second-order valence-electron chi connectivity index (χ2n) is 8.22. The van der Waals surface area contributed by atoms with E-state index in [1.165, 1.54) is 7.11 Å². The Labute approximate surface area is 187 Å². The summed E-state index contributed by atoms with van der Waals surface area (Å²) >= 11 is 0. The molecule has 0 spiro atoms. The van der Waals surface area contributed by atoms with Gasteiger partial charge in [-0.05, 0) is 41.7 Å². The lowest BCUT2D eigenvalue weighted by molar-refractivity contribution is -0.146. The van der Waals surface area contributed by atoms with Crippen molar-refractivity contribution in [1.82, 2.24) is 9.88 Å². The third-order valence-electron chi connectivity index (χ3n) is 5.76. The number of fused-ring (bicyclic) bond motifs is 1. The topological polar surface area (TPSA) is 101 Å². The Morgan fingerprint density at radius 2 is 1.88 bits per heavy atom. The zero-order valence-corrected chi connectivity index (χ0v) is 18.9. The molecular formula is C25H30N2O5. The van der Waals surface area contributed by atoms with Crippen molar-refractivity contribution >= 4 is 22.8 Å². The first-order chi connectivity index (χ1) is 15.3. The zero-order chi connectivity index (χ0) is 23.4. The summed E-state index contributed by atoms with van der Waals surface area (Å²) < 4.78 is 6.77. The van der Waals surface area contributed by atoms with Gasteiger partial charge in [0.05, 0.1) is 20.1 Å². The van der Waals surface area contributed by atoms with Crippen molar-refractivity contribution in [2.75, 3.05) is 13.7 Å². The van der Waals surface area contributed by atoms with Crippen molar-refractivity contribution in [3.05, 3.63) is 64.8 Å². The van der Waals surface area contributed by atoms with Gasteiger partial charge in [-0.2, -0.15) is 0 Å². The van der Waals surface area contributed by atoms with Gasteiger partial charge in [-0.3, -0.25) is 4.79 Å². The van der Waals surface area contributed by atoms with Crippen LogP contribution in [0.25, 0.3) is 10.9 Å².